The second-order valence-corrected chi connectivity index (χ2v) is 9.17. The number of benzene rings is 2. The van der Waals surface area contributed by atoms with Gasteiger partial charge < -0.3 is 0 Å². The molecule has 0 amide bonds. The Hall–Kier alpha value is -2.46. The molecule has 2 aromatic carbocycles. The van der Waals surface area contributed by atoms with Crippen LogP contribution in [0.5, 0.6) is 0 Å². The van der Waals surface area contributed by atoms with Gasteiger partial charge in [0.2, 0.25) is 0 Å². The van der Waals surface area contributed by atoms with Gasteiger partial charge in [-0.25, -0.2) is 13.4 Å². The third-order valence-corrected chi connectivity index (χ3v) is 8.32. The van der Waals surface area contributed by atoms with Crippen LogP contribution in [0.15, 0.2) is 71.9 Å². The summed E-state index contributed by atoms with van der Waals surface area (Å²) in [6, 6.07) is 20.5. The van der Waals surface area contributed by atoms with E-state index in [0.29, 0.717) is 5.03 Å². The summed E-state index contributed by atoms with van der Waals surface area (Å²) in [6.45, 7) is 0. The molecule has 25 heavy (non-hydrogen) atoms. The van der Waals surface area contributed by atoms with E-state index >= 15 is 0 Å². The van der Waals surface area contributed by atoms with Crippen LogP contribution in [0.4, 0.5) is 0 Å². The van der Waals surface area contributed by atoms with E-state index in [0.717, 1.165) is 5.56 Å². The molecule has 2 atom stereocenters. The monoisotopic (exact) mass is 345 g/mol. The van der Waals surface area contributed by atoms with Crippen molar-refractivity contribution in [2.45, 2.75) is 28.0 Å². The Morgan fingerprint density at radius 2 is 1.20 bits per heavy atom. The van der Waals surface area contributed by atoms with Crippen LogP contribution in [-0.2, 0) is 9.84 Å². The van der Waals surface area contributed by atoms with E-state index in [9.17, 15) is 8.42 Å². The molecule has 0 spiro atoms. The molecule has 2 heterocycles. The molecule has 0 saturated heterocycles. The van der Waals surface area contributed by atoms with Crippen molar-refractivity contribution in [3.8, 4) is 0 Å². The van der Waals surface area contributed by atoms with Crippen LogP contribution in [0, 0.1) is 0 Å². The standard InChI is InChI=1S/C21H15NO2S/c23-25(24)20-18-14-8-3-1-6-12(14)17(13-7-2-4-9-15(13)18)19(20)16-10-5-11-22-21(16)25/h1-11,17-20H/t17?,18?,19-,20+/m1/s1. The summed E-state index contributed by atoms with van der Waals surface area (Å²) < 4.78 is 26.7. The molecule has 4 heteroatoms. The smallest absolute Gasteiger partial charge is 0.200 e. The third kappa shape index (κ3) is 1.48. The topological polar surface area (TPSA) is 47.0 Å². The van der Waals surface area contributed by atoms with Crippen molar-refractivity contribution in [3.05, 3.63) is 94.7 Å². The maximum Gasteiger partial charge on any atom is 0.200 e. The molecular weight excluding hydrogens is 330 g/mol. The minimum absolute atomic E-state index is 0.0384. The predicted molar refractivity (Wildman–Crippen MR) is 94.5 cm³/mol. The van der Waals surface area contributed by atoms with Crippen LogP contribution in [0.25, 0.3) is 0 Å². The zero-order valence-corrected chi connectivity index (χ0v) is 14.1. The summed E-state index contributed by atoms with van der Waals surface area (Å²) in [5.74, 6) is -0.0623. The van der Waals surface area contributed by atoms with Crippen molar-refractivity contribution < 1.29 is 8.42 Å². The average molecular weight is 345 g/mol. The molecule has 0 fully saturated rings. The fourth-order valence-corrected chi connectivity index (χ4v) is 7.72. The molecule has 3 nitrogen and oxygen atoms in total. The molecule has 2 bridgehead atoms. The highest BCUT2D eigenvalue weighted by molar-refractivity contribution is 7.92. The fraction of sp³-hybridized carbons (Fsp3) is 0.190. The Bertz CT molecular complexity index is 1100. The van der Waals surface area contributed by atoms with Crippen LogP contribution in [0.2, 0.25) is 0 Å². The van der Waals surface area contributed by atoms with Crippen molar-refractivity contribution in [1.82, 2.24) is 4.98 Å². The van der Waals surface area contributed by atoms with E-state index in [2.05, 4.69) is 41.4 Å². The first kappa shape index (κ1) is 13.8. The lowest BCUT2D eigenvalue weighted by atomic mass is 9.58. The van der Waals surface area contributed by atoms with Gasteiger partial charge in [-0.05, 0) is 33.9 Å². The first-order chi connectivity index (χ1) is 12.2. The molecule has 3 aromatic rings. The van der Waals surface area contributed by atoms with E-state index in [1.807, 2.05) is 24.3 Å². The molecule has 7 rings (SSSR count). The number of rotatable bonds is 0. The number of aromatic nitrogens is 1. The summed E-state index contributed by atoms with van der Waals surface area (Å²) in [5, 5.41) is -0.146. The predicted octanol–water partition coefficient (Wildman–Crippen LogP) is 3.61. The van der Waals surface area contributed by atoms with Crippen molar-refractivity contribution in [3.63, 3.8) is 0 Å². The molecule has 0 N–H and O–H groups in total. The minimum atomic E-state index is -3.43. The lowest BCUT2D eigenvalue weighted by Crippen LogP contribution is -2.42. The molecule has 1 aliphatic heterocycles. The van der Waals surface area contributed by atoms with Crippen LogP contribution < -0.4 is 0 Å². The van der Waals surface area contributed by atoms with Crippen molar-refractivity contribution in [1.29, 1.82) is 0 Å². The Kier molecular flexibility index (Phi) is 2.42. The highest BCUT2D eigenvalue weighted by Crippen LogP contribution is 2.64. The van der Waals surface area contributed by atoms with Crippen LogP contribution >= 0.6 is 0 Å². The van der Waals surface area contributed by atoms with Crippen LogP contribution in [0.3, 0.4) is 0 Å². The second kappa shape index (κ2) is 4.38. The van der Waals surface area contributed by atoms with Gasteiger partial charge in [0.1, 0.15) is 0 Å². The van der Waals surface area contributed by atoms with Gasteiger partial charge in [0.05, 0.1) is 5.25 Å². The van der Waals surface area contributed by atoms with Crippen LogP contribution in [0.1, 0.15) is 45.6 Å². The zero-order valence-electron chi connectivity index (χ0n) is 13.3. The van der Waals surface area contributed by atoms with Crippen molar-refractivity contribution in [2.24, 2.45) is 0 Å². The third-order valence-electron chi connectivity index (χ3n) is 6.16. The van der Waals surface area contributed by atoms with Gasteiger partial charge in [-0.2, -0.15) is 0 Å². The number of sulfone groups is 1. The molecule has 0 unspecified atom stereocenters. The van der Waals surface area contributed by atoms with Gasteiger partial charge in [-0.15, -0.1) is 0 Å². The fourth-order valence-electron chi connectivity index (χ4n) is 5.38. The van der Waals surface area contributed by atoms with Gasteiger partial charge in [0.15, 0.2) is 14.9 Å². The largest absolute Gasteiger partial charge is 0.244 e. The average Bonchev–Trinajstić information content (AvgIpc) is 2.90. The normalized spacial score (nSPS) is 29.4. The highest BCUT2D eigenvalue weighted by atomic mass is 32.2. The van der Waals surface area contributed by atoms with E-state index < -0.39 is 15.1 Å². The molecule has 0 radical (unpaired) electrons. The Morgan fingerprint density at radius 1 is 0.680 bits per heavy atom. The first-order valence-electron chi connectivity index (χ1n) is 8.56. The van der Waals surface area contributed by atoms with E-state index in [4.69, 9.17) is 0 Å². The Morgan fingerprint density at radius 3 is 1.80 bits per heavy atom. The molecular formula is C21H15NO2S. The van der Waals surface area contributed by atoms with Gasteiger partial charge in [0, 0.05) is 24.0 Å². The number of fused-ring (bicyclic) bond motifs is 1. The lowest BCUT2D eigenvalue weighted by molar-refractivity contribution is 0.452. The zero-order chi connectivity index (χ0) is 16.8. The summed E-state index contributed by atoms with van der Waals surface area (Å²) >= 11 is 0. The first-order valence-corrected chi connectivity index (χ1v) is 10.1. The highest BCUT2D eigenvalue weighted by Gasteiger charge is 2.60. The summed E-state index contributed by atoms with van der Waals surface area (Å²) in [7, 11) is -3.43. The number of nitrogens with zero attached hydrogens (tertiary/aromatic N) is 1. The van der Waals surface area contributed by atoms with Gasteiger partial charge in [-0.1, -0.05) is 54.6 Å². The second-order valence-electron chi connectivity index (χ2n) is 7.15. The SMILES string of the molecule is O=S1(=O)c2ncccc2[C@@H]2C3c4ccccc4C(c4ccccc43)[C@@H]21. The van der Waals surface area contributed by atoms with E-state index in [1.54, 1.807) is 6.20 Å². The Labute approximate surface area is 146 Å². The summed E-state index contributed by atoms with van der Waals surface area (Å²) in [6.07, 6.45) is 1.59. The van der Waals surface area contributed by atoms with Crippen molar-refractivity contribution in [2.75, 3.05) is 0 Å². The van der Waals surface area contributed by atoms with Gasteiger partial charge in [-0.3, -0.25) is 0 Å². The molecule has 122 valence electrons. The number of hydrogen-bond donors (Lipinski definition) is 0. The number of hydrogen-bond acceptors (Lipinski definition) is 3. The number of pyridine rings is 1. The minimum Gasteiger partial charge on any atom is -0.244 e. The molecule has 3 aliphatic carbocycles. The Balaban J connectivity index is 1.76. The summed E-state index contributed by atoms with van der Waals surface area (Å²) in [4.78, 5) is 4.27. The molecule has 4 aliphatic rings. The van der Waals surface area contributed by atoms with Gasteiger partial charge in [0.25, 0.3) is 0 Å². The lowest BCUT2D eigenvalue weighted by Gasteiger charge is -2.47. The van der Waals surface area contributed by atoms with E-state index in [-0.39, 0.29) is 17.8 Å². The maximum atomic E-state index is 13.4. The molecule has 1 aromatic heterocycles. The van der Waals surface area contributed by atoms with Gasteiger partial charge >= 0.3 is 0 Å². The van der Waals surface area contributed by atoms with Crippen molar-refractivity contribution >= 4 is 9.84 Å². The quantitative estimate of drug-likeness (QED) is 0.625. The molecule has 0 saturated carbocycles. The van der Waals surface area contributed by atoms with E-state index in [1.165, 1.54) is 22.3 Å². The maximum absolute atomic E-state index is 13.4. The van der Waals surface area contributed by atoms with Crippen LogP contribution in [-0.4, -0.2) is 18.7 Å². The summed E-state index contributed by atoms with van der Waals surface area (Å²) in [5.41, 5.74) is 5.79.